The van der Waals surface area contributed by atoms with E-state index in [9.17, 15) is 9.90 Å². The van der Waals surface area contributed by atoms with Gasteiger partial charge >= 0.3 is 5.97 Å². The van der Waals surface area contributed by atoms with Gasteiger partial charge in [0.05, 0.1) is 0 Å². The molecule has 0 bridgehead atoms. The molecule has 0 unspecified atom stereocenters. The molecular formula is C17H17ClO2S. The molecular weight excluding hydrogens is 304 g/mol. The number of aliphatic carboxylic acids is 1. The van der Waals surface area contributed by atoms with Crippen LogP contribution in [0.5, 0.6) is 0 Å². The molecule has 110 valence electrons. The van der Waals surface area contributed by atoms with E-state index in [1.807, 2.05) is 30.3 Å². The maximum absolute atomic E-state index is 11.5. The Balaban J connectivity index is 2.16. The van der Waals surface area contributed by atoms with E-state index >= 15 is 0 Å². The van der Waals surface area contributed by atoms with Gasteiger partial charge in [0.15, 0.2) is 0 Å². The molecule has 0 aliphatic rings. The summed E-state index contributed by atoms with van der Waals surface area (Å²) < 4.78 is 0. The monoisotopic (exact) mass is 320 g/mol. The zero-order valence-electron chi connectivity index (χ0n) is 11.8. The first-order chi connectivity index (χ1) is 10.1. The fourth-order valence-corrected chi connectivity index (χ4v) is 3.27. The lowest BCUT2D eigenvalue weighted by Gasteiger charge is -2.14. The van der Waals surface area contributed by atoms with Gasteiger partial charge in [0.1, 0.15) is 5.25 Å². The summed E-state index contributed by atoms with van der Waals surface area (Å²) in [6, 6.07) is 15.3. The van der Waals surface area contributed by atoms with E-state index in [4.69, 9.17) is 11.6 Å². The van der Waals surface area contributed by atoms with E-state index in [1.165, 1.54) is 17.3 Å². The highest BCUT2D eigenvalue weighted by Gasteiger charge is 2.20. The SMILES string of the molecule is CCc1ccccc1C[C@@H](Sc1ccc(Cl)cc1)C(=O)O. The predicted octanol–water partition coefficient (Wildman–Crippen LogP) is 4.69. The van der Waals surface area contributed by atoms with Crippen LogP contribution in [0.25, 0.3) is 0 Å². The van der Waals surface area contributed by atoms with E-state index in [0.29, 0.717) is 11.4 Å². The molecule has 2 nitrogen and oxygen atoms in total. The molecule has 0 radical (unpaired) electrons. The Bertz CT molecular complexity index is 610. The van der Waals surface area contributed by atoms with Gasteiger partial charge in [-0.05, 0) is 48.2 Å². The number of hydrogen-bond acceptors (Lipinski definition) is 2. The Hall–Kier alpha value is -1.45. The molecule has 21 heavy (non-hydrogen) atoms. The summed E-state index contributed by atoms with van der Waals surface area (Å²) in [5, 5.41) is 9.62. The van der Waals surface area contributed by atoms with Crippen LogP contribution in [0.3, 0.4) is 0 Å². The minimum Gasteiger partial charge on any atom is -0.480 e. The van der Waals surface area contributed by atoms with E-state index in [0.717, 1.165) is 16.9 Å². The molecule has 0 amide bonds. The molecule has 2 aromatic carbocycles. The van der Waals surface area contributed by atoms with Gasteiger partial charge < -0.3 is 5.11 Å². The van der Waals surface area contributed by atoms with Crippen LogP contribution in [0.2, 0.25) is 5.02 Å². The predicted molar refractivity (Wildman–Crippen MR) is 88.3 cm³/mol. The van der Waals surface area contributed by atoms with Gasteiger partial charge in [0, 0.05) is 9.92 Å². The lowest BCUT2D eigenvalue weighted by atomic mass is 10.0. The van der Waals surface area contributed by atoms with Crippen LogP contribution in [-0.4, -0.2) is 16.3 Å². The van der Waals surface area contributed by atoms with Gasteiger partial charge in [0.25, 0.3) is 0 Å². The zero-order valence-corrected chi connectivity index (χ0v) is 13.3. The highest BCUT2D eigenvalue weighted by Crippen LogP contribution is 2.28. The Kier molecular flexibility index (Phi) is 5.71. The van der Waals surface area contributed by atoms with Crippen molar-refractivity contribution in [2.75, 3.05) is 0 Å². The van der Waals surface area contributed by atoms with Gasteiger partial charge in [-0.3, -0.25) is 4.79 Å². The molecule has 4 heteroatoms. The summed E-state index contributed by atoms with van der Waals surface area (Å²) in [5.41, 5.74) is 2.31. The Morgan fingerprint density at radius 1 is 1.14 bits per heavy atom. The third-order valence-corrected chi connectivity index (χ3v) is 4.72. The fourth-order valence-electron chi connectivity index (χ4n) is 2.16. The zero-order chi connectivity index (χ0) is 15.2. The number of benzene rings is 2. The van der Waals surface area contributed by atoms with Crippen molar-refractivity contribution in [3.8, 4) is 0 Å². The number of rotatable bonds is 6. The van der Waals surface area contributed by atoms with Crippen molar-refractivity contribution in [2.45, 2.75) is 29.9 Å². The van der Waals surface area contributed by atoms with Gasteiger partial charge in [-0.25, -0.2) is 0 Å². The summed E-state index contributed by atoms with van der Waals surface area (Å²) >= 11 is 7.22. The molecule has 0 saturated heterocycles. The van der Waals surface area contributed by atoms with Crippen LogP contribution < -0.4 is 0 Å². The van der Waals surface area contributed by atoms with Gasteiger partial charge in [0.2, 0.25) is 0 Å². The summed E-state index contributed by atoms with van der Waals surface area (Å²) in [6.45, 7) is 2.08. The van der Waals surface area contributed by atoms with E-state index in [2.05, 4.69) is 13.0 Å². The van der Waals surface area contributed by atoms with Crippen LogP contribution in [0.4, 0.5) is 0 Å². The molecule has 2 rings (SSSR count). The average molecular weight is 321 g/mol. The minimum atomic E-state index is -0.791. The molecule has 0 spiro atoms. The van der Waals surface area contributed by atoms with Crippen molar-refractivity contribution < 1.29 is 9.90 Å². The van der Waals surface area contributed by atoms with Crippen molar-refractivity contribution in [2.24, 2.45) is 0 Å². The average Bonchev–Trinajstić information content (AvgIpc) is 2.49. The fraction of sp³-hybridized carbons (Fsp3) is 0.235. The molecule has 0 fully saturated rings. The summed E-state index contributed by atoms with van der Waals surface area (Å²) in [7, 11) is 0. The number of aryl methyl sites for hydroxylation is 1. The van der Waals surface area contributed by atoms with Gasteiger partial charge in [-0.2, -0.15) is 0 Å². The van der Waals surface area contributed by atoms with Crippen molar-refractivity contribution in [1.82, 2.24) is 0 Å². The third-order valence-electron chi connectivity index (χ3n) is 3.27. The maximum atomic E-state index is 11.5. The van der Waals surface area contributed by atoms with Crippen LogP contribution in [-0.2, 0) is 17.6 Å². The molecule has 0 saturated carbocycles. The van der Waals surface area contributed by atoms with E-state index in [1.54, 1.807) is 12.1 Å². The number of carboxylic acids is 1. The molecule has 1 atom stereocenters. The Morgan fingerprint density at radius 2 is 1.76 bits per heavy atom. The van der Waals surface area contributed by atoms with Crippen molar-refractivity contribution in [3.05, 3.63) is 64.7 Å². The van der Waals surface area contributed by atoms with Crippen LogP contribution >= 0.6 is 23.4 Å². The summed E-state index contributed by atoms with van der Waals surface area (Å²) in [4.78, 5) is 12.4. The first kappa shape index (κ1) is 15.9. The Morgan fingerprint density at radius 3 is 2.33 bits per heavy atom. The molecule has 1 N–H and O–H groups in total. The van der Waals surface area contributed by atoms with Crippen molar-refractivity contribution >= 4 is 29.3 Å². The lowest BCUT2D eigenvalue weighted by Crippen LogP contribution is -2.19. The second-order valence-corrected chi connectivity index (χ2v) is 6.44. The first-order valence-electron chi connectivity index (χ1n) is 6.82. The van der Waals surface area contributed by atoms with E-state index < -0.39 is 11.2 Å². The van der Waals surface area contributed by atoms with Crippen LogP contribution in [0.15, 0.2) is 53.4 Å². The molecule has 2 aromatic rings. The topological polar surface area (TPSA) is 37.3 Å². The number of halogens is 1. The largest absolute Gasteiger partial charge is 0.480 e. The Labute approximate surface area is 134 Å². The summed E-state index contributed by atoms with van der Waals surface area (Å²) in [5.74, 6) is -0.791. The number of carbonyl (C=O) groups is 1. The summed E-state index contributed by atoms with van der Waals surface area (Å²) in [6.07, 6.45) is 1.43. The van der Waals surface area contributed by atoms with Crippen molar-refractivity contribution in [3.63, 3.8) is 0 Å². The third kappa shape index (κ3) is 4.51. The lowest BCUT2D eigenvalue weighted by molar-refractivity contribution is -0.136. The van der Waals surface area contributed by atoms with Crippen molar-refractivity contribution in [1.29, 1.82) is 0 Å². The standard InChI is InChI=1S/C17H17ClO2S/c1-2-12-5-3-4-6-13(12)11-16(17(19)20)21-15-9-7-14(18)8-10-15/h3-10,16H,2,11H2,1H3,(H,19,20)/t16-/m1/s1. The van der Waals surface area contributed by atoms with E-state index in [-0.39, 0.29) is 0 Å². The highest BCUT2D eigenvalue weighted by atomic mass is 35.5. The van der Waals surface area contributed by atoms with Gasteiger partial charge in [-0.15, -0.1) is 11.8 Å². The quantitative estimate of drug-likeness (QED) is 0.784. The normalized spacial score (nSPS) is 12.1. The smallest absolute Gasteiger partial charge is 0.317 e. The second kappa shape index (κ2) is 7.53. The maximum Gasteiger partial charge on any atom is 0.317 e. The molecule has 0 aliphatic carbocycles. The molecule has 0 aliphatic heterocycles. The number of carboxylic acid groups (broad SMARTS) is 1. The molecule has 0 heterocycles. The minimum absolute atomic E-state index is 0.501. The number of hydrogen-bond donors (Lipinski definition) is 1. The van der Waals surface area contributed by atoms with Crippen LogP contribution in [0, 0.1) is 0 Å². The van der Waals surface area contributed by atoms with Gasteiger partial charge in [-0.1, -0.05) is 42.8 Å². The second-order valence-electron chi connectivity index (χ2n) is 4.73. The highest BCUT2D eigenvalue weighted by molar-refractivity contribution is 8.00. The van der Waals surface area contributed by atoms with Crippen LogP contribution in [0.1, 0.15) is 18.1 Å². The first-order valence-corrected chi connectivity index (χ1v) is 8.07. The molecule has 0 aromatic heterocycles. The number of thioether (sulfide) groups is 1.